The third-order valence-corrected chi connectivity index (χ3v) is 3.81. The average molecular weight is 364 g/mol. The monoisotopic (exact) mass is 363 g/mol. The summed E-state index contributed by atoms with van der Waals surface area (Å²) in [6, 6.07) is 13.2. The maximum atomic E-state index is 13.7. The Hall–Kier alpha value is -2.44. The van der Waals surface area contributed by atoms with E-state index in [0.29, 0.717) is 17.1 Å². The van der Waals surface area contributed by atoms with E-state index in [1.807, 2.05) is 30.3 Å². The minimum absolute atomic E-state index is 0.0661. The van der Waals surface area contributed by atoms with Crippen LogP contribution in [0.4, 0.5) is 9.18 Å². The van der Waals surface area contributed by atoms with Crippen molar-refractivity contribution in [1.29, 1.82) is 0 Å². The highest BCUT2D eigenvalue weighted by Crippen LogP contribution is 2.20. The highest BCUT2D eigenvalue weighted by molar-refractivity contribution is 6.31. The first-order chi connectivity index (χ1) is 12.0. The average Bonchev–Trinajstić information content (AvgIpc) is 2.57. The number of likely N-dealkylation sites (N-methyl/N-ethyl adjacent to an activating group) is 1. The fraction of sp³-hybridized carbons (Fsp3) is 0.222. The lowest BCUT2D eigenvalue weighted by Crippen LogP contribution is -2.43. The van der Waals surface area contributed by atoms with Gasteiger partial charge in [-0.3, -0.25) is 15.0 Å². The van der Waals surface area contributed by atoms with Crippen molar-refractivity contribution in [3.8, 4) is 0 Å². The van der Waals surface area contributed by atoms with Crippen LogP contribution < -0.4 is 10.6 Å². The number of hydrogen-bond acceptors (Lipinski definition) is 3. The molecule has 0 atom stereocenters. The summed E-state index contributed by atoms with van der Waals surface area (Å²) in [6.07, 6.45) is 0. The third-order valence-electron chi connectivity index (χ3n) is 3.45. The molecule has 2 N–H and O–H groups in total. The molecule has 2 rings (SSSR count). The second-order valence-corrected chi connectivity index (χ2v) is 6.00. The Kier molecular flexibility index (Phi) is 6.91. The fourth-order valence-electron chi connectivity index (χ4n) is 2.24. The Morgan fingerprint density at radius 2 is 1.84 bits per heavy atom. The van der Waals surface area contributed by atoms with E-state index in [1.54, 1.807) is 18.0 Å². The Labute approximate surface area is 150 Å². The van der Waals surface area contributed by atoms with Crippen LogP contribution in [0, 0.1) is 5.82 Å². The van der Waals surface area contributed by atoms with Gasteiger partial charge in [0.05, 0.1) is 6.54 Å². The number of halogens is 2. The standard InChI is InChI=1S/C18H19ClFN3O2/c1-23(11-14-15(19)8-5-9-16(14)20)12-17(24)22-18(25)21-10-13-6-3-2-4-7-13/h2-9H,10-12H2,1H3,(H2,21,22,24,25). The zero-order chi connectivity index (χ0) is 18.2. The first-order valence-electron chi connectivity index (χ1n) is 7.68. The van der Waals surface area contributed by atoms with Crippen LogP contribution in [-0.4, -0.2) is 30.4 Å². The topological polar surface area (TPSA) is 61.4 Å². The number of imide groups is 1. The summed E-state index contributed by atoms with van der Waals surface area (Å²) in [5.41, 5.74) is 1.24. The van der Waals surface area contributed by atoms with E-state index in [-0.39, 0.29) is 13.1 Å². The van der Waals surface area contributed by atoms with E-state index >= 15 is 0 Å². The van der Waals surface area contributed by atoms with Crippen molar-refractivity contribution in [1.82, 2.24) is 15.5 Å². The van der Waals surface area contributed by atoms with Gasteiger partial charge in [-0.2, -0.15) is 0 Å². The number of urea groups is 1. The van der Waals surface area contributed by atoms with Gasteiger partial charge in [0.1, 0.15) is 5.82 Å². The quantitative estimate of drug-likeness (QED) is 0.829. The van der Waals surface area contributed by atoms with Crippen LogP contribution in [0.5, 0.6) is 0 Å². The van der Waals surface area contributed by atoms with Gasteiger partial charge in [0.25, 0.3) is 0 Å². The van der Waals surface area contributed by atoms with E-state index in [2.05, 4.69) is 10.6 Å². The zero-order valence-corrected chi connectivity index (χ0v) is 14.5. The lowest BCUT2D eigenvalue weighted by atomic mass is 10.2. The summed E-state index contributed by atoms with van der Waals surface area (Å²) in [5.74, 6) is -0.916. The molecule has 0 aliphatic heterocycles. The molecule has 0 unspecified atom stereocenters. The van der Waals surface area contributed by atoms with Gasteiger partial charge >= 0.3 is 6.03 Å². The minimum atomic E-state index is -0.578. The number of carbonyl (C=O) groups excluding carboxylic acids is 2. The Bertz CT molecular complexity index is 720. The van der Waals surface area contributed by atoms with Crippen LogP contribution in [0.25, 0.3) is 0 Å². The van der Waals surface area contributed by atoms with Crippen LogP contribution in [-0.2, 0) is 17.9 Å². The lowest BCUT2D eigenvalue weighted by Gasteiger charge is -2.17. The molecule has 5 nitrogen and oxygen atoms in total. The highest BCUT2D eigenvalue weighted by Gasteiger charge is 2.14. The van der Waals surface area contributed by atoms with Crippen molar-refractivity contribution in [2.75, 3.05) is 13.6 Å². The van der Waals surface area contributed by atoms with Crippen molar-refractivity contribution in [2.45, 2.75) is 13.1 Å². The molecular weight excluding hydrogens is 345 g/mol. The first-order valence-corrected chi connectivity index (χ1v) is 8.06. The van der Waals surface area contributed by atoms with E-state index in [1.165, 1.54) is 12.1 Å². The largest absolute Gasteiger partial charge is 0.334 e. The molecule has 2 aromatic carbocycles. The molecule has 0 heterocycles. The fourth-order valence-corrected chi connectivity index (χ4v) is 2.47. The number of benzene rings is 2. The second kappa shape index (κ2) is 9.15. The molecule has 3 amide bonds. The second-order valence-electron chi connectivity index (χ2n) is 5.59. The molecule has 0 aliphatic carbocycles. The van der Waals surface area contributed by atoms with Crippen molar-refractivity contribution in [2.24, 2.45) is 0 Å². The van der Waals surface area contributed by atoms with Crippen LogP contribution in [0.3, 0.4) is 0 Å². The molecule has 25 heavy (non-hydrogen) atoms. The zero-order valence-electron chi connectivity index (χ0n) is 13.8. The highest BCUT2D eigenvalue weighted by atomic mass is 35.5. The number of rotatable bonds is 6. The predicted octanol–water partition coefficient (Wildman–Crippen LogP) is 2.94. The number of amides is 3. The maximum Gasteiger partial charge on any atom is 0.321 e. The number of hydrogen-bond donors (Lipinski definition) is 2. The van der Waals surface area contributed by atoms with Gasteiger partial charge in [0.15, 0.2) is 0 Å². The Balaban J connectivity index is 1.78. The van der Waals surface area contributed by atoms with Crippen LogP contribution >= 0.6 is 11.6 Å². The summed E-state index contributed by atoms with van der Waals surface area (Å²) in [6.45, 7) is 0.411. The molecule has 0 aliphatic rings. The molecule has 0 bridgehead atoms. The van der Waals surface area contributed by atoms with E-state index in [9.17, 15) is 14.0 Å². The van der Waals surface area contributed by atoms with Crippen LogP contribution in [0.2, 0.25) is 5.02 Å². The van der Waals surface area contributed by atoms with E-state index in [4.69, 9.17) is 11.6 Å². The summed E-state index contributed by atoms with van der Waals surface area (Å²) in [7, 11) is 1.64. The van der Waals surface area contributed by atoms with Crippen molar-refractivity contribution in [3.63, 3.8) is 0 Å². The number of nitrogens with one attached hydrogen (secondary N) is 2. The van der Waals surface area contributed by atoms with E-state index < -0.39 is 17.8 Å². The molecule has 2 aromatic rings. The van der Waals surface area contributed by atoms with Gasteiger partial charge in [-0.1, -0.05) is 48.0 Å². The molecule has 0 saturated heterocycles. The predicted molar refractivity (Wildman–Crippen MR) is 94.6 cm³/mol. The molecular formula is C18H19ClFN3O2. The van der Waals surface area contributed by atoms with E-state index in [0.717, 1.165) is 5.56 Å². The van der Waals surface area contributed by atoms with Gasteiger partial charge in [-0.15, -0.1) is 0 Å². The molecule has 0 radical (unpaired) electrons. The van der Waals surface area contributed by atoms with Crippen LogP contribution in [0.15, 0.2) is 48.5 Å². The minimum Gasteiger partial charge on any atom is -0.334 e. The molecule has 7 heteroatoms. The normalized spacial score (nSPS) is 10.6. The van der Waals surface area contributed by atoms with Crippen molar-refractivity contribution >= 4 is 23.5 Å². The number of carbonyl (C=O) groups is 2. The summed E-state index contributed by atoms with van der Waals surface area (Å²) in [4.78, 5) is 25.2. The van der Waals surface area contributed by atoms with Crippen molar-refractivity contribution < 1.29 is 14.0 Å². The summed E-state index contributed by atoms with van der Waals surface area (Å²) < 4.78 is 13.7. The first kappa shape index (κ1) is 18.9. The molecule has 0 saturated carbocycles. The van der Waals surface area contributed by atoms with Gasteiger partial charge in [-0.05, 0) is 24.7 Å². The molecule has 132 valence electrons. The Morgan fingerprint density at radius 3 is 2.52 bits per heavy atom. The molecule has 0 fully saturated rings. The summed E-state index contributed by atoms with van der Waals surface area (Å²) >= 11 is 5.96. The van der Waals surface area contributed by atoms with Gasteiger partial charge in [0, 0.05) is 23.7 Å². The van der Waals surface area contributed by atoms with Gasteiger partial charge < -0.3 is 5.32 Å². The Morgan fingerprint density at radius 1 is 1.12 bits per heavy atom. The molecule has 0 spiro atoms. The SMILES string of the molecule is CN(CC(=O)NC(=O)NCc1ccccc1)Cc1c(F)cccc1Cl. The lowest BCUT2D eigenvalue weighted by molar-refractivity contribution is -0.121. The van der Waals surface area contributed by atoms with Crippen molar-refractivity contribution in [3.05, 3.63) is 70.5 Å². The third kappa shape index (κ3) is 6.17. The number of nitrogens with zero attached hydrogens (tertiary/aromatic N) is 1. The van der Waals surface area contributed by atoms with Gasteiger partial charge in [0.2, 0.25) is 5.91 Å². The molecule has 0 aromatic heterocycles. The maximum absolute atomic E-state index is 13.7. The van der Waals surface area contributed by atoms with Crippen LogP contribution in [0.1, 0.15) is 11.1 Å². The van der Waals surface area contributed by atoms with Gasteiger partial charge in [-0.25, -0.2) is 9.18 Å². The summed E-state index contributed by atoms with van der Waals surface area (Å²) in [5, 5.41) is 5.14. The smallest absolute Gasteiger partial charge is 0.321 e.